The zero-order chi connectivity index (χ0) is 10.8. The number of aldehydes is 1. The molecule has 2 nitrogen and oxygen atoms in total. The predicted molar refractivity (Wildman–Crippen MR) is 54.5 cm³/mol. The molecule has 2 rings (SSSR count). The van der Waals surface area contributed by atoms with Crippen LogP contribution in [0.1, 0.15) is 10.6 Å². The number of carbonyl (C=O) groups excluding carboxylic acids is 1. The summed E-state index contributed by atoms with van der Waals surface area (Å²) in [6, 6.07) is 6.13. The second kappa shape index (κ2) is 3.87. The van der Waals surface area contributed by atoms with Gasteiger partial charge in [0.2, 0.25) is 0 Å². The molecule has 0 amide bonds. The van der Waals surface area contributed by atoms with E-state index in [9.17, 15) is 9.18 Å². The van der Waals surface area contributed by atoms with Crippen LogP contribution in [0.4, 0.5) is 4.39 Å². The van der Waals surface area contributed by atoms with Gasteiger partial charge in [0.15, 0.2) is 12.0 Å². The van der Waals surface area contributed by atoms with Gasteiger partial charge in [0.25, 0.3) is 0 Å². The van der Waals surface area contributed by atoms with Gasteiger partial charge in [-0.25, -0.2) is 4.39 Å². The van der Waals surface area contributed by atoms with Crippen molar-refractivity contribution in [2.75, 3.05) is 0 Å². The molecule has 0 atom stereocenters. The Bertz CT molecular complexity index is 505. The minimum Gasteiger partial charge on any atom is -0.461 e. The molecule has 1 aromatic heterocycles. The van der Waals surface area contributed by atoms with Crippen LogP contribution in [0.15, 0.2) is 34.9 Å². The Balaban J connectivity index is 2.64. The highest BCUT2D eigenvalue weighted by Crippen LogP contribution is 2.29. The fourth-order valence-electron chi connectivity index (χ4n) is 1.35. The molecule has 4 heteroatoms. The Morgan fingerprint density at radius 2 is 2.07 bits per heavy atom. The van der Waals surface area contributed by atoms with Crippen LogP contribution in [-0.4, -0.2) is 6.29 Å². The summed E-state index contributed by atoms with van der Waals surface area (Å²) in [6.45, 7) is 0. The molecular weight excluding hydrogens is 219 g/mol. The number of furan rings is 1. The van der Waals surface area contributed by atoms with Crippen LogP contribution in [0.25, 0.3) is 11.1 Å². The van der Waals surface area contributed by atoms with E-state index < -0.39 is 5.82 Å². The van der Waals surface area contributed by atoms with Crippen molar-refractivity contribution >= 4 is 17.9 Å². The molecular formula is C11H6ClFO2. The lowest BCUT2D eigenvalue weighted by atomic mass is 10.1. The smallest absolute Gasteiger partial charge is 0.185 e. The first kappa shape index (κ1) is 9.93. The van der Waals surface area contributed by atoms with Crippen molar-refractivity contribution in [2.24, 2.45) is 0 Å². The number of carbonyl (C=O) groups is 1. The number of rotatable bonds is 2. The van der Waals surface area contributed by atoms with Gasteiger partial charge in [-0.3, -0.25) is 4.79 Å². The summed E-state index contributed by atoms with van der Waals surface area (Å²) in [4.78, 5) is 10.6. The zero-order valence-corrected chi connectivity index (χ0v) is 8.29. The van der Waals surface area contributed by atoms with Crippen molar-refractivity contribution in [1.82, 2.24) is 0 Å². The molecule has 0 saturated heterocycles. The average molecular weight is 225 g/mol. The van der Waals surface area contributed by atoms with E-state index in [-0.39, 0.29) is 16.3 Å². The van der Waals surface area contributed by atoms with Gasteiger partial charge >= 0.3 is 0 Å². The lowest BCUT2D eigenvalue weighted by molar-refractivity contribution is 0.110. The second-order valence-electron chi connectivity index (χ2n) is 2.92. The van der Waals surface area contributed by atoms with Crippen molar-refractivity contribution in [3.8, 4) is 11.1 Å². The Kier molecular flexibility index (Phi) is 2.56. The number of hydrogen-bond acceptors (Lipinski definition) is 2. The highest BCUT2D eigenvalue weighted by atomic mass is 35.5. The van der Waals surface area contributed by atoms with Gasteiger partial charge in [0.1, 0.15) is 5.82 Å². The molecule has 0 N–H and O–H groups in total. The highest BCUT2D eigenvalue weighted by Gasteiger charge is 2.13. The van der Waals surface area contributed by atoms with Gasteiger partial charge in [-0.15, -0.1) is 0 Å². The van der Waals surface area contributed by atoms with Crippen LogP contribution in [0.2, 0.25) is 5.02 Å². The van der Waals surface area contributed by atoms with Crippen LogP contribution in [-0.2, 0) is 0 Å². The normalized spacial score (nSPS) is 10.3. The summed E-state index contributed by atoms with van der Waals surface area (Å²) in [5.74, 6) is -0.458. The second-order valence-corrected chi connectivity index (χ2v) is 3.32. The van der Waals surface area contributed by atoms with E-state index in [0.717, 1.165) is 0 Å². The van der Waals surface area contributed by atoms with Gasteiger partial charge in [-0.2, -0.15) is 0 Å². The van der Waals surface area contributed by atoms with E-state index in [4.69, 9.17) is 16.0 Å². The van der Waals surface area contributed by atoms with Crippen LogP contribution in [0.5, 0.6) is 0 Å². The summed E-state index contributed by atoms with van der Waals surface area (Å²) in [6.07, 6.45) is 1.87. The molecule has 0 fully saturated rings. The molecule has 15 heavy (non-hydrogen) atoms. The van der Waals surface area contributed by atoms with Crippen molar-refractivity contribution in [3.05, 3.63) is 47.1 Å². The number of halogens is 2. The molecule has 0 aliphatic carbocycles. The quantitative estimate of drug-likeness (QED) is 0.731. The molecule has 0 bridgehead atoms. The van der Waals surface area contributed by atoms with E-state index in [2.05, 4.69) is 0 Å². The molecule has 76 valence electrons. The first-order chi connectivity index (χ1) is 7.24. The summed E-state index contributed by atoms with van der Waals surface area (Å²) < 4.78 is 18.5. The molecule has 0 saturated carbocycles. The standard InChI is InChI=1S/C11H6ClFO2/c12-9-3-1-2-8(11(9)13)7-4-5-15-10(7)6-14/h1-6H. The SMILES string of the molecule is O=Cc1occc1-c1cccc(Cl)c1F. The summed E-state index contributed by atoms with van der Waals surface area (Å²) in [5.41, 5.74) is 0.670. The first-order valence-corrected chi connectivity index (χ1v) is 4.59. The minimum absolute atomic E-state index is 0.0190. The molecule has 0 aliphatic rings. The van der Waals surface area contributed by atoms with E-state index >= 15 is 0 Å². The monoisotopic (exact) mass is 224 g/mol. The predicted octanol–water partition coefficient (Wildman–Crippen LogP) is 3.55. The maximum atomic E-state index is 13.6. The third-order valence-corrected chi connectivity index (χ3v) is 2.34. The first-order valence-electron chi connectivity index (χ1n) is 4.21. The largest absolute Gasteiger partial charge is 0.461 e. The third-order valence-electron chi connectivity index (χ3n) is 2.04. The fraction of sp³-hybridized carbons (Fsp3) is 0. The summed E-state index contributed by atoms with van der Waals surface area (Å²) in [7, 11) is 0. The number of benzene rings is 1. The molecule has 0 unspecified atom stereocenters. The van der Waals surface area contributed by atoms with E-state index in [0.29, 0.717) is 11.8 Å². The van der Waals surface area contributed by atoms with Gasteiger partial charge in [-0.1, -0.05) is 23.7 Å². The Morgan fingerprint density at radius 1 is 1.27 bits per heavy atom. The van der Waals surface area contributed by atoms with Crippen molar-refractivity contribution < 1.29 is 13.6 Å². The lowest BCUT2D eigenvalue weighted by Crippen LogP contribution is -1.87. The summed E-state index contributed by atoms with van der Waals surface area (Å²) >= 11 is 5.63. The lowest BCUT2D eigenvalue weighted by Gasteiger charge is -2.01. The van der Waals surface area contributed by atoms with Gasteiger partial charge in [0, 0.05) is 11.1 Å². The maximum Gasteiger partial charge on any atom is 0.185 e. The van der Waals surface area contributed by atoms with Crippen LogP contribution < -0.4 is 0 Å². The highest BCUT2D eigenvalue weighted by molar-refractivity contribution is 6.31. The molecule has 0 spiro atoms. The molecule has 2 aromatic rings. The fourth-order valence-corrected chi connectivity index (χ4v) is 1.52. The Morgan fingerprint density at radius 3 is 2.80 bits per heavy atom. The van der Waals surface area contributed by atoms with E-state index in [1.807, 2.05) is 0 Å². The minimum atomic E-state index is -0.552. The van der Waals surface area contributed by atoms with Crippen molar-refractivity contribution in [3.63, 3.8) is 0 Å². The molecule has 1 aromatic carbocycles. The number of hydrogen-bond donors (Lipinski definition) is 0. The van der Waals surface area contributed by atoms with Crippen molar-refractivity contribution in [2.45, 2.75) is 0 Å². The Hall–Kier alpha value is -1.61. The average Bonchev–Trinajstić information content (AvgIpc) is 2.70. The molecule has 0 radical (unpaired) electrons. The van der Waals surface area contributed by atoms with E-state index in [1.54, 1.807) is 12.1 Å². The van der Waals surface area contributed by atoms with Crippen LogP contribution >= 0.6 is 11.6 Å². The van der Waals surface area contributed by atoms with Gasteiger partial charge in [0.05, 0.1) is 11.3 Å². The molecule has 0 aliphatic heterocycles. The van der Waals surface area contributed by atoms with Crippen LogP contribution in [0, 0.1) is 5.82 Å². The van der Waals surface area contributed by atoms with Crippen LogP contribution in [0.3, 0.4) is 0 Å². The molecule has 1 heterocycles. The topological polar surface area (TPSA) is 30.2 Å². The maximum absolute atomic E-state index is 13.6. The zero-order valence-electron chi connectivity index (χ0n) is 7.54. The summed E-state index contributed by atoms with van der Waals surface area (Å²) in [5, 5.41) is 0.0190. The van der Waals surface area contributed by atoms with Crippen molar-refractivity contribution in [1.29, 1.82) is 0 Å². The van der Waals surface area contributed by atoms with Gasteiger partial charge in [-0.05, 0) is 12.1 Å². The Labute approximate surface area is 90.3 Å². The third kappa shape index (κ3) is 1.66. The van der Waals surface area contributed by atoms with E-state index in [1.165, 1.54) is 18.4 Å². The van der Waals surface area contributed by atoms with Gasteiger partial charge < -0.3 is 4.42 Å².